The van der Waals surface area contributed by atoms with Gasteiger partial charge in [-0.2, -0.15) is 8.61 Å². The second kappa shape index (κ2) is 10.6. The van der Waals surface area contributed by atoms with Gasteiger partial charge in [0.15, 0.2) is 0 Å². The van der Waals surface area contributed by atoms with Gasteiger partial charge in [-0.25, -0.2) is 26.4 Å². The van der Waals surface area contributed by atoms with Gasteiger partial charge in [0.25, 0.3) is 0 Å². The highest BCUT2D eigenvalue weighted by Gasteiger charge is 2.74. The number of nitrogens with zero attached hydrogens (tertiary/aromatic N) is 2. The zero-order valence-corrected chi connectivity index (χ0v) is 30.7. The number of carbonyl (C=O) groups is 2. The normalized spacial score (nSPS) is 46.9. The summed E-state index contributed by atoms with van der Waals surface area (Å²) in [5, 5.41) is 21.7. The van der Waals surface area contributed by atoms with E-state index in [1.54, 1.807) is 0 Å². The fourth-order valence-corrected chi connectivity index (χ4v) is 18.5. The Labute approximate surface area is 289 Å². The first-order chi connectivity index (χ1) is 22.8. The SMILES string of the molecule is CC1(C)C2CCC1(CS(=O)(=O)N1CCC[C@]1(O[C@]1(C(=O)O)CCCN1S(=O)(=O)C[C@]13CCC([C@H]4CCOC41)C3(C)C)C(=O)O)[C@H]1OCC[C@@H]21. The molecule has 13 nitrogen and oxygen atoms in total. The molecule has 0 aromatic carbocycles. The van der Waals surface area contributed by atoms with E-state index in [2.05, 4.69) is 27.7 Å². The summed E-state index contributed by atoms with van der Waals surface area (Å²) in [6.45, 7) is 9.12. The molecule has 49 heavy (non-hydrogen) atoms. The van der Waals surface area contributed by atoms with E-state index in [4.69, 9.17) is 14.2 Å². The first-order valence-corrected chi connectivity index (χ1v) is 21.5. The van der Waals surface area contributed by atoms with Gasteiger partial charge in [0, 0.05) is 50.0 Å². The molecule has 0 spiro atoms. The van der Waals surface area contributed by atoms with Crippen LogP contribution < -0.4 is 0 Å². The molecule has 2 N–H and O–H groups in total. The summed E-state index contributed by atoms with van der Waals surface area (Å²) in [6, 6.07) is 0. The molecule has 4 unspecified atom stereocenters. The minimum atomic E-state index is -4.38. The molecular weight excluding hydrogens is 677 g/mol. The summed E-state index contributed by atoms with van der Waals surface area (Å²) in [5.41, 5.74) is -7.38. The quantitative estimate of drug-likeness (QED) is 0.338. The maximum atomic E-state index is 14.6. The van der Waals surface area contributed by atoms with Crippen LogP contribution in [0.3, 0.4) is 0 Å². The summed E-state index contributed by atoms with van der Waals surface area (Å²) in [4.78, 5) is 26.7. The molecule has 4 heterocycles. The van der Waals surface area contributed by atoms with E-state index in [-0.39, 0.29) is 85.2 Å². The third kappa shape index (κ3) is 4.21. The predicted molar refractivity (Wildman–Crippen MR) is 175 cm³/mol. The van der Waals surface area contributed by atoms with Gasteiger partial charge in [-0.15, -0.1) is 0 Å². The zero-order valence-electron chi connectivity index (χ0n) is 29.1. The molecule has 10 atom stereocenters. The summed E-state index contributed by atoms with van der Waals surface area (Å²) in [6.07, 6.45) is 3.87. The molecule has 4 aliphatic carbocycles. The average molecular weight is 729 g/mol. The van der Waals surface area contributed by atoms with Crippen molar-refractivity contribution in [1.29, 1.82) is 0 Å². The molecule has 4 aliphatic heterocycles. The lowest BCUT2D eigenvalue weighted by Crippen LogP contribution is -2.66. The van der Waals surface area contributed by atoms with Crippen LogP contribution in [0.2, 0.25) is 0 Å². The molecule has 8 aliphatic rings. The van der Waals surface area contributed by atoms with Gasteiger partial charge >= 0.3 is 11.9 Å². The Balaban J connectivity index is 1.14. The van der Waals surface area contributed by atoms with Crippen LogP contribution in [0.1, 0.15) is 91.9 Å². The minimum Gasteiger partial charge on any atom is -0.478 e. The van der Waals surface area contributed by atoms with Crippen LogP contribution in [0, 0.1) is 45.3 Å². The van der Waals surface area contributed by atoms with Gasteiger partial charge in [-0.1, -0.05) is 27.7 Å². The second-order valence-electron chi connectivity index (χ2n) is 17.7. The van der Waals surface area contributed by atoms with E-state index in [0.717, 1.165) is 34.3 Å². The third-order valence-corrected chi connectivity index (χ3v) is 19.8. The number of hydrogen-bond donors (Lipinski definition) is 2. The molecule has 4 bridgehead atoms. The lowest BCUT2D eigenvalue weighted by Gasteiger charge is -2.46. The largest absolute Gasteiger partial charge is 0.478 e. The van der Waals surface area contributed by atoms with Crippen LogP contribution in [0.15, 0.2) is 0 Å². The molecule has 276 valence electrons. The Bertz CT molecular complexity index is 1550. The Morgan fingerprint density at radius 1 is 0.673 bits per heavy atom. The Morgan fingerprint density at radius 2 is 1.06 bits per heavy atom. The standard InChI is InChI=1S/C34H52N2O11S2/c1-29(2)23-7-13-31(29,25-21(23)9-17-45-25)19-48(41,42)35-15-5-11-33(35,27(37)38)47-34(28(39)40)12-6-16-36(34)49(43,44)20-32-14-8-24(30(32,3)4)22-10-18-46-26(22)32/h21-26H,5-20H2,1-4H3,(H,37,38)(H,39,40)/t21-,22+,23?,24?,25-,26?,31?,32+,33-,34-/m0/s1. The lowest BCUT2D eigenvalue weighted by atomic mass is 9.69. The van der Waals surface area contributed by atoms with Crippen molar-refractivity contribution in [2.24, 2.45) is 45.3 Å². The smallest absolute Gasteiger partial charge is 0.352 e. The third-order valence-electron chi connectivity index (χ3n) is 15.7. The predicted octanol–water partition coefficient (Wildman–Crippen LogP) is 3.10. The Hall–Kier alpha value is -1.36. The van der Waals surface area contributed by atoms with E-state index in [1.807, 2.05) is 0 Å². The van der Waals surface area contributed by atoms with Gasteiger partial charge in [-0.3, -0.25) is 0 Å². The van der Waals surface area contributed by atoms with Crippen molar-refractivity contribution in [2.45, 2.75) is 116 Å². The molecule has 8 fully saturated rings. The maximum absolute atomic E-state index is 14.6. The number of ether oxygens (including phenoxy) is 3. The topological polar surface area (TPSA) is 177 Å². The number of fused-ring (bicyclic) bond motifs is 10. The molecular formula is C34H52N2O11S2. The molecule has 0 aromatic heterocycles. The summed E-state index contributed by atoms with van der Waals surface area (Å²) >= 11 is 0. The lowest BCUT2D eigenvalue weighted by molar-refractivity contribution is -0.238. The number of rotatable bonds is 10. The van der Waals surface area contributed by atoms with Crippen molar-refractivity contribution < 1.29 is 50.8 Å². The molecule has 15 heteroatoms. The summed E-state index contributed by atoms with van der Waals surface area (Å²) < 4.78 is 78.8. The fourth-order valence-electron chi connectivity index (χ4n) is 13.4. The average Bonchev–Trinajstić information content (AvgIpc) is 3.85. The second-order valence-corrected chi connectivity index (χ2v) is 21.5. The number of sulfonamides is 2. The van der Waals surface area contributed by atoms with Crippen LogP contribution in [0.4, 0.5) is 0 Å². The highest BCUT2D eigenvalue weighted by atomic mass is 32.2. The van der Waals surface area contributed by atoms with E-state index in [1.165, 1.54) is 0 Å². The van der Waals surface area contributed by atoms with Gasteiger partial charge in [0.05, 0.1) is 23.7 Å². The maximum Gasteiger partial charge on any atom is 0.352 e. The molecule has 8 rings (SSSR count). The molecule has 0 radical (unpaired) electrons. The Kier molecular flexibility index (Phi) is 7.52. The van der Waals surface area contributed by atoms with Gasteiger partial charge in [0.2, 0.25) is 31.5 Å². The van der Waals surface area contributed by atoms with Crippen LogP contribution in [-0.2, 0) is 43.8 Å². The van der Waals surface area contributed by atoms with E-state index < -0.39 is 54.3 Å². The number of carboxylic acid groups (broad SMARTS) is 2. The first-order valence-electron chi connectivity index (χ1n) is 18.2. The van der Waals surface area contributed by atoms with Crippen LogP contribution in [0.25, 0.3) is 0 Å². The van der Waals surface area contributed by atoms with Gasteiger partial charge in [0.1, 0.15) is 0 Å². The van der Waals surface area contributed by atoms with Crippen LogP contribution in [0.5, 0.6) is 0 Å². The molecule has 0 aromatic rings. The summed E-state index contributed by atoms with van der Waals surface area (Å²) in [7, 11) is -8.76. The fraction of sp³-hybridized carbons (Fsp3) is 0.941. The van der Waals surface area contributed by atoms with Crippen molar-refractivity contribution in [3.8, 4) is 0 Å². The first kappa shape index (κ1) is 34.7. The van der Waals surface area contributed by atoms with Gasteiger partial charge in [-0.05, 0) is 85.9 Å². The van der Waals surface area contributed by atoms with Crippen LogP contribution in [-0.4, -0.2) is 109 Å². The monoisotopic (exact) mass is 728 g/mol. The molecule has 0 amide bonds. The van der Waals surface area contributed by atoms with Crippen molar-refractivity contribution in [1.82, 2.24) is 8.61 Å². The van der Waals surface area contributed by atoms with E-state index in [0.29, 0.717) is 37.9 Å². The van der Waals surface area contributed by atoms with Crippen LogP contribution >= 0.6 is 0 Å². The van der Waals surface area contributed by atoms with E-state index in [9.17, 15) is 36.6 Å². The molecule has 4 saturated heterocycles. The highest BCUT2D eigenvalue weighted by Crippen LogP contribution is 2.72. The number of carboxylic acids is 2. The van der Waals surface area contributed by atoms with Crippen molar-refractivity contribution in [3.05, 3.63) is 0 Å². The minimum absolute atomic E-state index is 0.120. The van der Waals surface area contributed by atoms with Crippen molar-refractivity contribution >= 4 is 32.0 Å². The van der Waals surface area contributed by atoms with E-state index >= 15 is 0 Å². The van der Waals surface area contributed by atoms with Crippen molar-refractivity contribution in [2.75, 3.05) is 37.8 Å². The number of aliphatic carboxylic acids is 2. The highest BCUT2D eigenvalue weighted by molar-refractivity contribution is 7.89. The molecule has 4 saturated carbocycles. The van der Waals surface area contributed by atoms with Crippen molar-refractivity contribution in [3.63, 3.8) is 0 Å². The van der Waals surface area contributed by atoms with Gasteiger partial charge < -0.3 is 24.4 Å². The summed E-state index contributed by atoms with van der Waals surface area (Å²) in [5.74, 6) is -2.88. The zero-order chi connectivity index (χ0) is 35.2. The Morgan fingerprint density at radius 3 is 1.43 bits per heavy atom. The number of hydrogen-bond acceptors (Lipinski definition) is 9.